The van der Waals surface area contributed by atoms with Crippen LogP contribution in [-0.4, -0.2) is 41.6 Å². The molecule has 0 spiro atoms. The first-order valence-corrected chi connectivity index (χ1v) is 7.48. The molecule has 1 aliphatic heterocycles. The quantitative estimate of drug-likeness (QED) is 0.895. The number of amides is 2. The van der Waals surface area contributed by atoms with Crippen molar-refractivity contribution in [1.82, 2.24) is 10.2 Å². The molecule has 1 heterocycles. The maximum absolute atomic E-state index is 12.0. The van der Waals surface area contributed by atoms with Gasteiger partial charge in [-0.15, -0.1) is 0 Å². The lowest BCUT2D eigenvalue weighted by atomic mass is 9.90. The van der Waals surface area contributed by atoms with Gasteiger partial charge in [-0.25, -0.2) is 9.59 Å². The summed E-state index contributed by atoms with van der Waals surface area (Å²) in [7, 11) is 0. The predicted octanol–water partition coefficient (Wildman–Crippen LogP) is 2.68. The van der Waals surface area contributed by atoms with Gasteiger partial charge in [-0.2, -0.15) is 0 Å². The molecule has 2 amide bonds. The molecule has 1 saturated heterocycles. The number of carbonyl (C=O) groups excluding carboxylic acids is 1. The van der Waals surface area contributed by atoms with E-state index in [0.29, 0.717) is 18.7 Å². The molecule has 0 aromatic heterocycles. The summed E-state index contributed by atoms with van der Waals surface area (Å²) in [6.45, 7) is 4.22. The van der Waals surface area contributed by atoms with Crippen molar-refractivity contribution < 1.29 is 14.7 Å². The van der Waals surface area contributed by atoms with Crippen LogP contribution in [-0.2, 0) is 0 Å². The molecule has 0 radical (unpaired) electrons. The number of likely N-dealkylation sites (tertiary alicyclic amines) is 1. The summed E-state index contributed by atoms with van der Waals surface area (Å²) in [4.78, 5) is 24.7. The number of rotatable bonds is 4. The SMILES string of the molecule is CCCNC(=O)N1CCC[C@H](c2ccc(C(=O)O)cc2)C1. The summed E-state index contributed by atoms with van der Waals surface area (Å²) < 4.78 is 0. The molecule has 0 bridgehead atoms. The molecule has 114 valence electrons. The first-order chi connectivity index (χ1) is 10.1. The third-order valence-corrected chi connectivity index (χ3v) is 3.86. The Kier molecular flexibility index (Phi) is 5.20. The van der Waals surface area contributed by atoms with Gasteiger partial charge in [-0.3, -0.25) is 0 Å². The van der Waals surface area contributed by atoms with Gasteiger partial charge in [-0.1, -0.05) is 19.1 Å². The maximum atomic E-state index is 12.0. The summed E-state index contributed by atoms with van der Waals surface area (Å²) >= 11 is 0. The number of hydrogen-bond donors (Lipinski definition) is 2. The highest BCUT2D eigenvalue weighted by Crippen LogP contribution is 2.27. The maximum Gasteiger partial charge on any atom is 0.335 e. The molecular weight excluding hydrogens is 268 g/mol. The normalized spacial score (nSPS) is 18.3. The molecule has 5 heteroatoms. The van der Waals surface area contributed by atoms with Gasteiger partial charge in [0.1, 0.15) is 0 Å². The second-order valence-corrected chi connectivity index (χ2v) is 5.44. The van der Waals surface area contributed by atoms with Crippen molar-refractivity contribution in [2.45, 2.75) is 32.1 Å². The topological polar surface area (TPSA) is 69.6 Å². The monoisotopic (exact) mass is 290 g/mol. The van der Waals surface area contributed by atoms with Crippen molar-refractivity contribution in [3.63, 3.8) is 0 Å². The van der Waals surface area contributed by atoms with Crippen LogP contribution in [0.15, 0.2) is 24.3 Å². The second kappa shape index (κ2) is 7.11. The number of carbonyl (C=O) groups is 2. The fourth-order valence-electron chi connectivity index (χ4n) is 2.68. The summed E-state index contributed by atoms with van der Waals surface area (Å²) in [5.74, 6) is -0.625. The molecule has 1 fully saturated rings. The Morgan fingerprint density at radius 1 is 1.33 bits per heavy atom. The van der Waals surface area contributed by atoms with Gasteiger partial charge in [0.25, 0.3) is 0 Å². The van der Waals surface area contributed by atoms with Crippen molar-refractivity contribution in [2.24, 2.45) is 0 Å². The van der Waals surface area contributed by atoms with Gasteiger partial charge >= 0.3 is 12.0 Å². The molecule has 2 rings (SSSR count). The zero-order chi connectivity index (χ0) is 15.2. The smallest absolute Gasteiger partial charge is 0.335 e. The lowest BCUT2D eigenvalue weighted by molar-refractivity contribution is 0.0697. The van der Waals surface area contributed by atoms with Gasteiger partial charge in [0, 0.05) is 25.6 Å². The van der Waals surface area contributed by atoms with E-state index in [9.17, 15) is 9.59 Å². The van der Waals surface area contributed by atoms with E-state index in [4.69, 9.17) is 5.11 Å². The average molecular weight is 290 g/mol. The van der Waals surface area contributed by atoms with Crippen LogP contribution < -0.4 is 5.32 Å². The molecule has 5 nitrogen and oxygen atoms in total. The Morgan fingerprint density at radius 2 is 2.05 bits per heavy atom. The number of benzene rings is 1. The van der Waals surface area contributed by atoms with E-state index in [0.717, 1.165) is 31.4 Å². The highest BCUT2D eigenvalue weighted by molar-refractivity contribution is 5.87. The first kappa shape index (κ1) is 15.4. The summed E-state index contributed by atoms with van der Waals surface area (Å²) in [5, 5.41) is 11.8. The number of hydrogen-bond acceptors (Lipinski definition) is 2. The molecular formula is C16H22N2O3. The Hall–Kier alpha value is -2.04. The largest absolute Gasteiger partial charge is 0.478 e. The number of aromatic carboxylic acids is 1. The van der Waals surface area contributed by atoms with E-state index in [2.05, 4.69) is 5.32 Å². The Labute approximate surface area is 125 Å². The van der Waals surface area contributed by atoms with E-state index in [-0.39, 0.29) is 11.9 Å². The number of carboxylic acid groups (broad SMARTS) is 1. The minimum Gasteiger partial charge on any atom is -0.478 e. The van der Waals surface area contributed by atoms with Crippen molar-refractivity contribution in [3.05, 3.63) is 35.4 Å². The van der Waals surface area contributed by atoms with Crippen molar-refractivity contribution in [2.75, 3.05) is 19.6 Å². The van der Waals surface area contributed by atoms with Gasteiger partial charge < -0.3 is 15.3 Å². The molecule has 0 aliphatic carbocycles. The molecule has 1 aromatic carbocycles. The molecule has 1 aliphatic rings. The van der Waals surface area contributed by atoms with Crippen LogP contribution in [0.3, 0.4) is 0 Å². The number of carboxylic acids is 1. The molecule has 21 heavy (non-hydrogen) atoms. The number of piperidine rings is 1. The molecule has 1 atom stereocenters. The average Bonchev–Trinajstić information content (AvgIpc) is 2.52. The summed E-state index contributed by atoms with van der Waals surface area (Å²) in [5.41, 5.74) is 1.40. The van der Waals surface area contributed by atoms with Crippen LogP contribution in [0.4, 0.5) is 4.79 Å². The van der Waals surface area contributed by atoms with Crippen LogP contribution in [0.5, 0.6) is 0 Å². The third kappa shape index (κ3) is 3.97. The number of nitrogens with zero attached hydrogens (tertiary/aromatic N) is 1. The van der Waals surface area contributed by atoms with Crippen LogP contribution in [0.25, 0.3) is 0 Å². The fourth-order valence-corrected chi connectivity index (χ4v) is 2.68. The number of nitrogens with one attached hydrogen (secondary N) is 1. The molecule has 1 aromatic rings. The zero-order valence-corrected chi connectivity index (χ0v) is 12.3. The van der Waals surface area contributed by atoms with E-state index in [1.807, 2.05) is 24.0 Å². The third-order valence-electron chi connectivity index (χ3n) is 3.86. The summed E-state index contributed by atoms with van der Waals surface area (Å²) in [6, 6.07) is 6.99. The van der Waals surface area contributed by atoms with Gasteiger partial charge in [-0.05, 0) is 37.0 Å². The van der Waals surface area contributed by atoms with Crippen LogP contribution in [0, 0.1) is 0 Å². The minimum absolute atomic E-state index is 0.00343. The highest BCUT2D eigenvalue weighted by atomic mass is 16.4. The first-order valence-electron chi connectivity index (χ1n) is 7.48. The van der Waals surface area contributed by atoms with Crippen LogP contribution in [0.1, 0.15) is 48.0 Å². The van der Waals surface area contributed by atoms with Gasteiger partial charge in [0.2, 0.25) is 0 Å². The van der Waals surface area contributed by atoms with Gasteiger partial charge in [0.15, 0.2) is 0 Å². The standard InChI is InChI=1S/C16H22N2O3/c1-2-9-17-16(21)18-10-3-4-14(11-18)12-5-7-13(8-6-12)15(19)20/h5-8,14H,2-4,9-11H2,1H3,(H,17,21)(H,19,20)/t14-/m0/s1. The van der Waals surface area contributed by atoms with Crippen LogP contribution in [0.2, 0.25) is 0 Å². The lowest BCUT2D eigenvalue weighted by Crippen LogP contribution is -2.45. The Bertz CT molecular complexity index is 499. The van der Waals surface area contributed by atoms with Crippen molar-refractivity contribution in [1.29, 1.82) is 0 Å². The van der Waals surface area contributed by atoms with Crippen molar-refractivity contribution in [3.8, 4) is 0 Å². The second-order valence-electron chi connectivity index (χ2n) is 5.44. The predicted molar refractivity (Wildman–Crippen MR) is 80.6 cm³/mol. The molecule has 2 N–H and O–H groups in total. The van der Waals surface area contributed by atoms with E-state index in [1.165, 1.54) is 0 Å². The van der Waals surface area contributed by atoms with Gasteiger partial charge in [0.05, 0.1) is 5.56 Å². The molecule has 0 unspecified atom stereocenters. The highest BCUT2D eigenvalue weighted by Gasteiger charge is 2.24. The minimum atomic E-state index is -0.911. The van der Waals surface area contributed by atoms with E-state index >= 15 is 0 Å². The van der Waals surface area contributed by atoms with E-state index in [1.54, 1.807) is 12.1 Å². The lowest BCUT2D eigenvalue weighted by Gasteiger charge is -2.33. The Morgan fingerprint density at radius 3 is 2.67 bits per heavy atom. The van der Waals surface area contributed by atoms with Crippen molar-refractivity contribution >= 4 is 12.0 Å². The number of urea groups is 1. The Balaban J connectivity index is 2.00. The summed E-state index contributed by atoms with van der Waals surface area (Å²) in [6.07, 6.45) is 2.94. The molecule has 0 saturated carbocycles. The van der Waals surface area contributed by atoms with E-state index < -0.39 is 5.97 Å². The van der Waals surface area contributed by atoms with Crippen LogP contribution >= 0.6 is 0 Å². The fraction of sp³-hybridized carbons (Fsp3) is 0.500. The zero-order valence-electron chi connectivity index (χ0n) is 12.3.